The zero-order valence-corrected chi connectivity index (χ0v) is 16.2. The topological polar surface area (TPSA) is 70.7 Å². The van der Waals surface area contributed by atoms with Gasteiger partial charge in [-0.2, -0.15) is 0 Å². The van der Waals surface area contributed by atoms with E-state index in [0.717, 1.165) is 11.3 Å². The number of rotatable bonds is 5. The lowest BCUT2D eigenvalue weighted by atomic mass is 10.1. The summed E-state index contributed by atoms with van der Waals surface area (Å²) in [6, 6.07) is 12.5. The average molecular weight is 408 g/mol. The summed E-state index contributed by atoms with van der Waals surface area (Å²) in [6.07, 6.45) is -0.677. The van der Waals surface area contributed by atoms with Crippen molar-refractivity contribution in [3.63, 3.8) is 0 Å². The zero-order chi connectivity index (χ0) is 19.4. The van der Waals surface area contributed by atoms with Gasteiger partial charge in [0.1, 0.15) is 5.75 Å². The molecule has 0 spiro atoms. The van der Waals surface area contributed by atoms with Crippen LogP contribution in [0.5, 0.6) is 5.75 Å². The fraction of sp³-hybridized carbons (Fsp3) is 0.263. The lowest BCUT2D eigenvalue weighted by Crippen LogP contribution is -2.50. The molecule has 2 aromatic carbocycles. The number of anilines is 1. The van der Waals surface area contributed by atoms with Crippen LogP contribution in [0.4, 0.5) is 5.69 Å². The summed E-state index contributed by atoms with van der Waals surface area (Å²) < 4.78 is 5.74. The second-order valence-electron chi connectivity index (χ2n) is 6.08. The summed E-state index contributed by atoms with van der Waals surface area (Å²) in [4.78, 5) is 26.3. The molecule has 1 aliphatic rings. The van der Waals surface area contributed by atoms with Gasteiger partial charge in [-0.1, -0.05) is 41.4 Å². The lowest BCUT2D eigenvalue weighted by Gasteiger charge is -2.35. The van der Waals surface area contributed by atoms with E-state index < -0.39 is 6.10 Å². The maximum atomic E-state index is 12.5. The van der Waals surface area contributed by atoms with Gasteiger partial charge in [0.15, 0.2) is 6.10 Å². The highest BCUT2D eigenvalue weighted by Gasteiger charge is 2.30. The Morgan fingerprint density at radius 3 is 2.74 bits per heavy atom. The van der Waals surface area contributed by atoms with E-state index in [0.29, 0.717) is 22.3 Å². The molecule has 0 saturated carbocycles. The first kappa shape index (κ1) is 19.3. The maximum Gasteiger partial charge on any atom is 0.262 e. The first-order valence-corrected chi connectivity index (χ1v) is 9.16. The molecule has 0 fully saturated rings. The van der Waals surface area contributed by atoms with Crippen LogP contribution < -0.4 is 20.3 Å². The number of nitrogens with zero attached hydrogens (tertiary/aromatic N) is 1. The highest BCUT2D eigenvalue weighted by molar-refractivity contribution is 6.35. The molecule has 2 N–H and O–H groups in total. The molecule has 0 radical (unpaired) electrons. The lowest BCUT2D eigenvalue weighted by molar-refractivity contribution is -0.127. The number of ether oxygens (including phenoxy) is 1. The van der Waals surface area contributed by atoms with Crippen LogP contribution in [0.2, 0.25) is 10.0 Å². The SMILES string of the molecule is CNC(=O)[C@@H]1CN(CC(=O)NCc2ccc(Cl)cc2Cl)c2ccccc2O1. The number of nitrogens with one attached hydrogen (secondary N) is 2. The molecule has 2 aromatic rings. The van der Waals surface area contributed by atoms with Gasteiger partial charge in [-0.15, -0.1) is 0 Å². The van der Waals surface area contributed by atoms with Crippen molar-refractivity contribution in [3.8, 4) is 5.75 Å². The molecule has 1 atom stereocenters. The van der Waals surface area contributed by atoms with Crippen molar-refractivity contribution in [2.24, 2.45) is 0 Å². The van der Waals surface area contributed by atoms with Gasteiger partial charge in [-0.05, 0) is 29.8 Å². The summed E-state index contributed by atoms with van der Waals surface area (Å²) in [5.74, 6) is 0.155. The van der Waals surface area contributed by atoms with Crippen molar-refractivity contribution in [2.75, 3.05) is 25.0 Å². The van der Waals surface area contributed by atoms with Crippen LogP contribution >= 0.6 is 23.2 Å². The monoisotopic (exact) mass is 407 g/mol. The summed E-state index contributed by atoms with van der Waals surface area (Å²) in [7, 11) is 1.55. The highest BCUT2D eigenvalue weighted by atomic mass is 35.5. The van der Waals surface area contributed by atoms with Crippen LogP contribution in [-0.2, 0) is 16.1 Å². The van der Waals surface area contributed by atoms with Crippen molar-refractivity contribution in [3.05, 3.63) is 58.1 Å². The van der Waals surface area contributed by atoms with Crippen LogP contribution in [0.15, 0.2) is 42.5 Å². The van der Waals surface area contributed by atoms with E-state index in [4.69, 9.17) is 27.9 Å². The van der Waals surface area contributed by atoms with Gasteiger partial charge in [0, 0.05) is 23.6 Å². The Morgan fingerprint density at radius 1 is 1.22 bits per heavy atom. The molecule has 3 rings (SSSR count). The number of carbonyl (C=O) groups excluding carboxylic acids is 2. The van der Waals surface area contributed by atoms with Gasteiger partial charge in [0.25, 0.3) is 5.91 Å². The van der Waals surface area contributed by atoms with E-state index in [1.165, 1.54) is 0 Å². The van der Waals surface area contributed by atoms with Crippen LogP contribution in [0.1, 0.15) is 5.56 Å². The van der Waals surface area contributed by atoms with Crippen LogP contribution in [-0.4, -0.2) is 38.1 Å². The molecule has 0 aliphatic carbocycles. The van der Waals surface area contributed by atoms with E-state index in [-0.39, 0.29) is 24.9 Å². The third kappa shape index (κ3) is 4.64. The van der Waals surface area contributed by atoms with Crippen molar-refractivity contribution in [2.45, 2.75) is 12.6 Å². The van der Waals surface area contributed by atoms with Crippen LogP contribution in [0.25, 0.3) is 0 Å². The van der Waals surface area contributed by atoms with Crippen molar-refractivity contribution in [1.82, 2.24) is 10.6 Å². The number of benzene rings is 2. The number of hydrogen-bond donors (Lipinski definition) is 2. The number of halogens is 2. The minimum Gasteiger partial charge on any atom is -0.477 e. The third-order valence-corrected chi connectivity index (χ3v) is 4.81. The second kappa shape index (κ2) is 8.50. The van der Waals surface area contributed by atoms with Gasteiger partial charge in [-0.3, -0.25) is 9.59 Å². The third-order valence-electron chi connectivity index (χ3n) is 4.23. The molecule has 142 valence electrons. The number of hydrogen-bond acceptors (Lipinski definition) is 4. The summed E-state index contributed by atoms with van der Waals surface area (Å²) >= 11 is 12.0. The first-order chi connectivity index (χ1) is 13.0. The number of amides is 2. The van der Waals surface area contributed by atoms with Crippen molar-refractivity contribution >= 4 is 40.7 Å². The van der Waals surface area contributed by atoms with Gasteiger partial charge in [0.2, 0.25) is 5.91 Å². The quantitative estimate of drug-likeness (QED) is 0.798. The average Bonchev–Trinajstić information content (AvgIpc) is 2.66. The highest BCUT2D eigenvalue weighted by Crippen LogP contribution is 2.32. The Hall–Kier alpha value is -2.44. The predicted molar refractivity (Wildman–Crippen MR) is 105 cm³/mol. The molecule has 1 aliphatic heterocycles. The normalized spacial score (nSPS) is 15.5. The Morgan fingerprint density at radius 2 is 2.00 bits per heavy atom. The molecular weight excluding hydrogens is 389 g/mol. The van der Waals surface area contributed by atoms with Crippen LogP contribution in [0.3, 0.4) is 0 Å². The molecule has 0 bridgehead atoms. The summed E-state index contributed by atoms with van der Waals surface area (Å²) in [6.45, 7) is 0.671. The van der Waals surface area contributed by atoms with Gasteiger partial charge < -0.3 is 20.3 Å². The smallest absolute Gasteiger partial charge is 0.262 e. The van der Waals surface area contributed by atoms with Crippen molar-refractivity contribution in [1.29, 1.82) is 0 Å². The Kier molecular flexibility index (Phi) is 6.08. The van der Waals surface area contributed by atoms with E-state index in [9.17, 15) is 9.59 Å². The van der Waals surface area contributed by atoms with E-state index in [1.807, 2.05) is 23.1 Å². The fourth-order valence-electron chi connectivity index (χ4n) is 2.84. The molecule has 0 unspecified atom stereocenters. The Labute approximate surface area is 167 Å². The molecule has 6 nitrogen and oxygen atoms in total. The fourth-order valence-corrected chi connectivity index (χ4v) is 3.32. The van der Waals surface area contributed by atoms with E-state index >= 15 is 0 Å². The molecule has 1 heterocycles. The second-order valence-corrected chi connectivity index (χ2v) is 6.93. The number of likely N-dealkylation sites (N-methyl/N-ethyl adjacent to an activating group) is 1. The minimum absolute atomic E-state index is 0.0963. The maximum absolute atomic E-state index is 12.5. The van der Waals surface area contributed by atoms with Crippen LogP contribution in [0, 0.1) is 0 Å². The minimum atomic E-state index is -0.677. The molecule has 0 aromatic heterocycles. The predicted octanol–water partition coefficient (Wildman–Crippen LogP) is 2.62. The van der Waals surface area contributed by atoms with Crippen molar-refractivity contribution < 1.29 is 14.3 Å². The Bertz CT molecular complexity index is 860. The number of carbonyl (C=O) groups is 2. The van der Waals surface area contributed by atoms with E-state index in [2.05, 4.69) is 10.6 Å². The molecule has 2 amide bonds. The standard InChI is InChI=1S/C19H19Cl2N3O3/c1-22-19(26)17-10-24(15-4-2-3-5-16(15)27-17)11-18(25)23-9-12-6-7-13(20)8-14(12)21/h2-8,17H,9-11H2,1H3,(H,22,26)(H,23,25)/t17-/m0/s1. The summed E-state index contributed by atoms with van der Waals surface area (Å²) in [5.41, 5.74) is 1.55. The van der Waals surface area contributed by atoms with Gasteiger partial charge >= 0.3 is 0 Å². The number of para-hydroxylation sites is 2. The largest absolute Gasteiger partial charge is 0.477 e. The molecule has 8 heteroatoms. The molecular formula is C19H19Cl2N3O3. The molecule has 27 heavy (non-hydrogen) atoms. The van der Waals surface area contributed by atoms with Gasteiger partial charge in [0.05, 0.1) is 18.8 Å². The number of fused-ring (bicyclic) bond motifs is 1. The Balaban J connectivity index is 1.67. The molecule has 0 saturated heterocycles. The first-order valence-electron chi connectivity index (χ1n) is 8.41. The summed E-state index contributed by atoms with van der Waals surface area (Å²) in [5, 5.41) is 6.47. The van der Waals surface area contributed by atoms with E-state index in [1.54, 1.807) is 31.3 Å². The van der Waals surface area contributed by atoms with Gasteiger partial charge in [-0.25, -0.2) is 0 Å². The zero-order valence-electron chi connectivity index (χ0n) is 14.7.